The average molecular weight is 370 g/mol. The Morgan fingerprint density at radius 3 is 2.20 bits per heavy atom. The first-order chi connectivity index (χ1) is 11.4. The van der Waals surface area contributed by atoms with Crippen molar-refractivity contribution in [1.29, 1.82) is 0 Å². The smallest absolute Gasteiger partial charge is 0.453 e. The van der Waals surface area contributed by atoms with Crippen molar-refractivity contribution < 1.29 is 45.8 Å². The molecule has 5 unspecified atom stereocenters. The van der Waals surface area contributed by atoms with Crippen LogP contribution in [-0.4, -0.2) is 41.5 Å². The number of halogens is 5. The normalized spacial score (nSPS) is 41.3. The number of hydrogen-bond acceptors (Lipinski definition) is 5. The van der Waals surface area contributed by atoms with Gasteiger partial charge in [-0.1, -0.05) is 12.2 Å². The Bertz CT molecular complexity index is 645. The Balaban J connectivity index is 2.17. The van der Waals surface area contributed by atoms with Crippen LogP contribution < -0.4 is 0 Å². The fourth-order valence-electron chi connectivity index (χ4n) is 4.07. The largest absolute Gasteiger partial charge is 0.462 e. The van der Waals surface area contributed by atoms with Crippen molar-refractivity contribution in [3.63, 3.8) is 0 Å². The molecule has 1 saturated carbocycles. The zero-order chi connectivity index (χ0) is 18.8. The van der Waals surface area contributed by atoms with Gasteiger partial charge < -0.3 is 14.2 Å². The fourth-order valence-corrected chi connectivity index (χ4v) is 4.07. The van der Waals surface area contributed by atoms with Gasteiger partial charge in [0.25, 0.3) is 0 Å². The molecule has 10 heteroatoms. The molecular weight excluding hydrogens is 355 g/mol. The summed E-state index contributed by atoms with van der Waals surface area (Å²) in [4.78, 5) is 22.5. The van der Waals surface area contributed by atoms with E-state index in [-0.39, 0.29) is 12.3 Å². The molecule has 1 saturated heterocycles. The van der Waals surface area contributed by atoms with Crippen molar-refractivity contribution in [2.75, 3.05) is 0 Å². The molecule has 1 spiro atoms. The summed E-state index contributed by atoms with van der Waals surface area (Å²) in [5.74, 6) is -13.2. The summed E-state index contributed by atoms with van der Waals surface area (Å²) in [6, 6.07) is 0. The van der Waals surface area contributed by atoms with Crippen molar-refractivity contribution in [1.82, 2.24) is 0 Å². The highest BCUT2D eigenvalue weighted by Gasteiger charge is 2.88. The van der Waals surface area contributed by atoms with Gasteiger partial charge >= 0.3 is 29.8 Å². The highest BCUT2D eigenvalue weighted by Crippen LogP contribution is 2.65. The molecule has 2 aliphatic carbocycles. The molecule has 0 radical (unpaired) electrons. The lowest BCUT2D eigenvalue weighted by Crippen LogP contribution is -2.62. The summed E-state index contributed by atoms with van der Waals surface area (Å²) in [5, 5.41) is 0. The van der Waals surface area contributed by atoms with Gasteiger partial charge in [-0.15, -0.1) is 0 Å². The molecular formula is C15H15F5O5. The van der Waals surface area contributed by atoms with E-state index in [1.165, 1.54) is 6.08 Å². The molecule has 5 nitrogen and oxygen atoms in total. The molecule has 0 N–H and O–H groups in total. The summed E-state index contributed by atoms with van der Waals surface area (Å²) < 4.78 is 84.3. The van der Waals surface area contributed by atoms with E-state index < -0.39 is 47.4 Å². The molecule has 0 aromatic heterocycles. The van der Waals surface area contributed by atoms with Crippen LogP contribution in [0.1, 0.15) is 26.7 Å². The van der Waals surface area contributed by atoms with E-state index >= 15 is 0 Å². The van der Waals surface area contributed by atoms with Gasteiger partial charge in [0.05, 0.1) is 0 Å². The molecule has 2 bridgehead atoms. The third-order valence-corrected chi connectivity index (χ3v) is 4.87. The van der Waals surface area contributed by atoms with Crippen LogP contribution in [0.5, 0.6) is 0 Å². The number of hydrogen-bond donors (Lipinski definition) is 0. The summed E-state index contributed by atoms with van der Waals surface area (Å²) in [5.41, 5.74) is -2.11. The molecule has 140 valence electrons. The Morgan fingerprint density at radius 2 is 1.80 bits per heavy atom. The Kier molecular flexibility index (Phi) is 3.73. The van der Waals surface area contributed by atoms with Crippen LogP contribution in [0.2, 0.25) is 0 Å². The number of alkyl halides is 5. The summed E-state index contributed by atoms with van der Waals surface area (Å²) >= 11 is 0. The van der Waals surface area contributed by atoms with Crippen molar-refractivity contribution in [2.24, 2.45) is 11.8 Å². The van der Waals surface area contributed by atoms with E-state index in [1.54, 1.807) is 6.08 Å². The maximum Gasteiger partial charge on any atom is 0.462 e. The SMILES string of the molecule is CC(=O)OC1C2(CC3C=CC2C3)OC(OC(C)=O)(C(F)(F)F)C1(F)F. The summed E-state index contributed by atoms with van der Waals surface area (Å²) in [6.45, 7) is 1.38. The van der Waals surface area contributed by atoms with E-state index in [0.717, 1.165) is 6.92 Å². The van der Waals surface area contributed by atoms with E-state index in [1.807, 2.05) is 0 Å². The molecule has 3 rings (SSSR count). The van der Waals surface area contributed by atoms with Crippen molar-refractivity contribution in [3.05, 3.63) is 12.2 Å². The standard InChI is InChI=1S/C15H15F5O5/c1-7(21)23-11-12(6-9-3-4-10(12)5-9)25-14(13(11,16)17,15(18,19)20)24-8(2)22/h3-4,9-11H,5-6H2,1-2H3. The molecule has 5 atom stereocenters. The Morgan fingerprint density at radius 1 is 1.16 bits per heavy atom. The molecule has 0 aromatic carbocycles. The number of fused-ring (bicyclic) bond motifs is 3. The zero-order valence-corrected chi connectivity index (χ0v) is 13.2. The molecule has 1 heterocycles. The maximum absolute atomic E-state index is 14.9. The molecule has 3 aliphatic rings. The van der Waals surface area contributed by atoms with Crippen LogP contribution in [0.25, 0.3) is 0 Å². The van der Waals surface area contributed by atoms with Crippen LogP contribution in [-0.2, 0) is 23.8 Å². The third-order valence-electron chi connectivity index (χ3n) is 4.87. The van der Waals surface area contributed by atoms with Gasteiger partial charge in [-0.25, -0.2) is 0 Å². The minimum Gasteiger partial charge on any atom is -0.453 e. The van der Waals surface area contributed by atoms with Gasteiger partial charge in [-0.2, -0.15) is 22.0 Å². The van der Waals surface area contributed by atoms with Crippen molar-refractivity contribution >= 4 is 11.9 Å². The van der Waals surface area contributed by atoms with Crippen LogP contribution in [0, 0.1) is 11.8 Å². The van der Waals surface area contributed by atoms with Crippen LogP contribution in [0.3, 0.4) is 0 Å². The minimum atomic E-state index is -5.74. The molecule has 1 aliphatic heterocycles. The quantitative estimate of drug-likeness (QED) is 0.425. The van der Waals surface area contributed by atoms with E-state index in [4.69, 9.17) is 4.74 Å². The maximum atomic E-state index is 14.9. The predicted octanol–water partition coefficient (Wildman–Crippen LogP) is 2.74. The monoisotopic (exact) mass is 370 g/mol. The van der Waals surface area contributed by atoms with E-state index in [0.29, 0.717) is 13.3 Å². The van der Waals surface area contributed by atoms with Gasteiger partial charge in [0, 0.05) is 19.8 Å². The second kappa shape index (κ2) is 5.15. The lowest BCUT2D eigenvalue weighted by Gasteiger charge is -2.36. The Hall–Kier alpha value is -1.71. The second-order valence-corrected chi connectivity index (χ2v) is 6.57. The average Bonchev–Trinajstić information content (AvgIpc) is 3.06. The minimum absolute atomic E-state index is 0.194. The van der Waals surface area contributed by atoms with Gasteiger partial charge in [0.1, 0.15) is 5.60 Å². The highest BCUT2D eigenvalue weighted by atomic mass is 19.4. The van der Waals surface area contributed by atoms with Crippen molar-refractivity contribution in [3.8, 4) is 0 Å². The molecule has 0 aromatic rings. The molecule has 0 amide bonds. The summed E-state index contributed by atoms with van der Waals surface area (Å²) in [6.07, 6.45) is -5.00. The number of ether oxygens (including phenoxy) is 3. The lowest BCUT2D eigenvalue weighted by molar-refractivity contribution is -0.415. The van der Waals surface area contributed by atoms with Gasteiger partial charge in [0.2, 0.25) is 6.10 Å². The fraction of sp³-hybridized carbons (Fsp3) is 0.733. The number of carbonyl (C=O) groups excluding carboxylic acids is 2. The topological polar surface area (TPSA) is 61.8 Å². The predicted molar refractivity (Wildman–Crippen MR) is 70.2 cm³/mol. The molecule has 25 heavy (non-hydrogen) atoms. The highest BCUT2D eigenvalue weighted by molar-refractivity contribution is 5.68. The van der Waals surface area contributed by atoms with Gasteiger partial charge in [-0.05, 0) is 18.8 Å². The number of carbonyl (C=O) groups is 2. The number of rotatable bonds is 2. The lowest BCUT2D eigenvalue weighted by atomic mass is 9.81. The number of esters is 2. The second-order valence-electron chi connectivity index (χ2n) is 6.57. The van der Waals surface area contributed by atoms with Crippen molar-refractivity contribution in [2.45, 2.75) is 56.3 Å². The van der Waals surface area contributed by atoms with E-state index in [2.05, 4.69) is 9.47 Å². The Labute approximate surface area is 139 Å². The molecule has 2 fully saturated rings. The van der Waals surface area contributed by atoms with Crippen LogP contribution in [0.4, 0.5) is 22.0 Å². The van der Waals surface area contributed by atoms with Gasteiger partial charge in [-0.3, -0.25) is 9.59 Å². The van der Waals surface area contributed by atoms with Crippen LogP contribution in [0.15, 0.2) is 12.2 Å². The van der Waals surface area contributed by atoms with Crippen LogP contribution >= 0.6 is 0 Å². The zero-order valence-electron chi connectivity index (χ0n) is 13.2. The first-order valence-corrected chi connectivity index (χ1v) is 7.55. The van der Waals surface area contributed by atoms with E-state index in [9.17, 15) is 31.5 Å². The summed E-state index contributed by atoms with van der Waals surface area (Å²) in [7, 11) is 0. The first-order valence-electron chi connectivity index (χ1n) is 7.55. The number of allylic oxidation sites excluding steroid dienone is 1. The third kappa shape index (κ3) is 2.29. The first kappa shape index (κ1) is 18.1. The van der Waals surface area contributed by atoms with Gasteiger partial charge in [0.15, 0.2) is 0 Å².